The van der Waals surface area contributed by atoms with E-state index in [1.807, 2.05) is 0 Å². The Labute approximate surface area is 121 Å². The molecule has 1 aliphatic heterocycles. The summed E-state index contributed by atoms with van der Waals surface area (Å²) < 4.78 is 0. The molecular weight excluding hydrogens is 290 g/mol. The molecule has 1 aromatic heterocycles. The topological polar surface area (TPSA) is 89.5 Å². The van der Waals surface area contributed by atoms with E-state index in [0.717, 1.165) is 17.8 Å². The molecule has 0 spiro atoms. The first-order valence-electron chi connectivity index (χ1n) is 5.67. The Morgan fingerprint density at radius 3 is 2.84 bits per heavy atom. The van der Waals surface area contributed by atoms with Crippen molar-refractivity contribution in [2.45, 2.75) is 13.3 Å². The van der Waals surface area contributed by atoms with Gasteiger partial charge in [-0.25, -0.2) is 0 Å². The van der Waals surface area contributed by atoms with Gasteiger partial charge < -0.3 is 10.6 Å². The monoisotopic (exact) mass is 305 g/mol. The lowest BCUT2D eigenvalue weighted by molar-refractivity contribution is -0.380. The summed E-state index contributed by atoms with van der Waals surface area (Å²) in [5.74, 6) is -0.142. The number of carbonyl (C=O) groups excluding carboxylic acids is 1. The molecule has 1 atom stereocenters. The van der Waals surface area contributed by atoms with Gasteiger partial charge in [-0.3, -0.25) is 14.9 Å². The number of likely N-dealkylation sites (tertiary alicyclic amines) is 1. The maximum absolute atomic E-state index is 12.2. The average Bonchev–Trinajstić information content (AvgIpc) is 2.95. The van der Waals surface area contributed by atoms with Gasteiger partial charge in [-0.05, 0) is 18.4 Å². The summed E-state index contributed by atoms with van der Waals surface area (Å²) in [7, 11) is 0. The first kappa shape index (κ1) is 15.9. The van der Waals surface area contributed by atoms with E-state index in [4.69, 9.17) is 5.73 Å². The van der Waals surface area contributed by atoms with Crippen molar-refractivity contribution >= 4 is 34.7 Å². The van der Waals surface area contributed by atoms with Crippen LogP contribution in [0.2, 0.25) is 0 Å². The van der Waals surface area contributed by atoms with Crippen molar-refractivity contribution in [3.63, 3.8) is 0 Å². The van der Waals surface area contributed by atoms with Crippen molar-refractivity contribution in [1.29, 1.82) is 0 Å². The highest BCUT2D eigenvalue weighted by Crippen LogP contribution is 2.31. The molecule has 2 N–H and O–H groups in total. The summed E-state index contributed by atoms with van der Waals surface area (Å²) in [6.07, 6.45) is 0.876. The van der Waals surface area contributed by atoms with E-state index in [1.165, 1.54) is 6.07 Å². The van der Waals surface area contributed by atoms with Gasteiger partial charge in [-0.15, -0.1) is 12.4 Å². The van der Waals surface area contributed by atoms with Crippen LogP contribution in [0.1, 0.15) is 23.7 Å². The van der Waals surface area contributed by atoms with Crippen molar-refractivity contribution in [2.24, 2.45) is 11.1 Å². The summed E-state index contributed by atoms with van der Waals surface area (Å²) in [5.41, 5.74) is 6.05. The molecule has 19 heavy (non-hydrogen) atoms. The summed E-state index contributed by atoms with van der Waals surface area (Å²) in [6, 6.07) is 1.34. The zero-order chi connectivity index (χ0) is 13.3. The Kier molecular flexibility index (Phi) is 4.89. The van der Waals surface area contributed by atoms with Crippen molar-refractivity contribution in [2.75, 3.05) is 19.6 Å². The molecular formula is C11H16ClN3O3S. The zero-order valence-corrected chi connectivity index (χ0v) is 12.1. The highest BCUT2D eigenvalue weighted by molar-refractivity contribution is 7.13. The van der Waals surface area contributed by atoms with Crippen LogP contribution in [-0.2, 0) is 0 Å². The number of carbonyl (C=O) groups is 1. The summed E-state index contributed by atoms with van der Waals surface area (Å²) in [5, 5.41) is 12.1. The first-order valence-corrected chi connectivity index (χ1v) is 6.55. The highest BCUT2D eigenvalue weighted by atomic mass is 35.5. The number of amides is 1. The van der Waals surface area contributed by atoms with E-state index in [1.54, 1.807) is 10.3 Å². The fraction of sp³-hybridized carbons (Fsp3) is 0.545. The summed E-state index contributed by atoms with van der Waals surface area (Å²) in [4.78, 5) is 24.0. The molecule has 0 radical (unpaired) electrons. The van der Waals surface area contributed by atoms with E-state index in [-0.39, 0.29) is 28.7 Å². The maximum atomic E-state index is 12.2. The zero-order valence-electron chi connectivity index (χ0n) is 10.5. The smallest absolute Gasteiger partial charge is 0.324 e. The van der Waals surface area contributed by atoms with Gasteiger partial charge in [0.1, 0.15) is 0 Å². The van der Waals surface area contributed by atoms with Crippen molar-refractivity contribution in [3.05, 3.63) is 27.1 Å². The molecule has 2 heterocycles. The van der Waals surface area contributed by atoms with Gasteiger partial charge in [0.25, 0.3) is 5.91 Å². The van der Waals surface area contributed by atoms with Crippen LogP contribution in [0.5, 0.6) is 0 Å². The van der Waals surface area contributed by atoms with Gasteiger partial charge in [-0.1, -0.05) is 18.3 Å². The van der Waals surface area contributed by atoms with E-state index < -0.39 is 4.92 Å². The van der Waals surface area contributed by atoms with Crippen LogP contribution in [0.4, 0.5) is 5.00 Å². The molecule has 0 aromatic carbocycles. The van der Waals surface area contributed by atoms with Crippen LogP contribution in [0.3, 0.4) is 0 Å². The number of nitro groups is 1. The number of halogens is 1. The highest BCUT2D eigenvalue weighted by Gasteiger charge is 2.35. The largest absolute Gasteiger partial charge is 0.338 e. The number of hydrogen-bond donors (Lipinski definition) is 1. The van der Waals surface area contributed by atoms with E-state index >= 15 is 0 Å². The molecule has 0 bridgehead atoms. The minimum Gasteiger partial charge on any atom is -0.338 e. The Bertz CT molecular complexity index is 493. The van der Waals surface area contributed by atoms with Crippen molar-refractivity contribution in [1.82, 2.24) is 4.90 Å². The van der Waals surface area contributed by atoms with E-state index in [0.29, 0.717) is 25.2 Å². The standard InChI is InChI=1S/C11H15N3O3S.ClH/c1-11(6-12)2-3-13(7-11)10(15)8-4-9(14(16)17)18-5-8;/h4-5H,2-3,6-7,12H2,1H3;1H. The number of thiophene rings is 1. The molecule has 1 saturated heterocycles. The summed E-state index contributed by atoms with van der Waals surface area (Å²) in [6.45, 7) is 3.87. The van der Waals surface area contributed by atoms with Crippen LogP contribution in [0.15, 0.2) is 11.4 Å². The quantitative estimate of drug-likeness (QED) is 0.682. The van der Waals surface area contributed by atoms with Crippen LogP contribution in [-0.4, -0.2) is 35.4 Å². The molecule has 0 saturated carbocycles. The third kappa shape index (κ3) is 3.23. The lowest BCUT2D eigenvalue weighted by Crippen LogP contribution is -2.34. The molecule has 2 rings (SSSR count). The SMILES string of the molecule is CC1(CN)CCN(C(=O)c2csc([N+](=O)[O-])c2)C1.Cl. The minimum absolute atomic E-state index is 0. The lowest BCUT2D eigenvalue weighted by atomic mass is 9.90. The molecule has 1 aliphatic rings. The molecule has 1 aromatic rings. The van der Waals surface area contributed by atoms with Crippen molar-refractivity contribution < 1.29 is 9.72 Å². The predicted octanol–water partition coefficient (Wildman–Crippen LogP) is 1.89. The number of nitrogens with two attached hydrogens (primary N) is 1. The normalized spacial score (nSPS) is 22.1. The third-order valence-corrected chi connectivity index (χ3v) is 4.23. The van der Waals surface area contributed by atoms with Gasteiger partial charge in [0.15, 0.2) is 0 Å². The van der Waals surface area contributed by atoms with Gasteiger partial charge in [0.2, 0.25) is 0 Å². The summed E-state index contributed by atoms with van der Waals surface area (Å²) >= 11 is 0.979. The number of rotatable bonds is 3. The van der Waals surface area contributed by atoms with Gasteiger partial charge in [0.05, 0.1) is 10.5 Å². The van der Waals surface area contributed by atoms with Crippen molar-refractivity contribution in [3.8, 4) is 0 Å². The molecule has 1 fully saturated rings. The Hall–Kier alpha value is -1.18. The maximum Gasteiger partial charge on any atom is 0.324 e. The minimum atomic E-state index is -0.477. The van der Waals surface area contributed by atoms with Gasteiger partial charge >= 0.3 is 5.00 Å². The Morgan fingerprint density at radius 1 is 1.68 bits per heavy atom. The van der Waals surface area contributed by atoms with E-state index in [2.05, 4.69) is 6.92 Å². The second-order valence-corrected chi connectivity index (χ2v) is 5.81. The molecule has 0 aliphatic carbocycles. The first-order chi connectivity index (χ1) is 8.45. The Morgan fingerprint density at radius 2 is 2.37 bits per heavy atom. The number of hydrogen-bond acceptors (Lipinski definition) is 5. The predicted molar refractivity (Wildman–Crippen MR) is 75.9 cm³/mol. The van der Waals surface area contributed by atoms with Crippen LogP contribution < -0.4 is 5.73 Å². The molecule has 8 heteroatoms. The molecule has 1 unspecified atom stereocenters. The van der Waals surface area contributed by atoms with E-state index in [9.17, 15) is 14.9 Å². The van der Waals surface area contributed by atoms with Gasteiger partial charge in [0, 0.05) is 24.5 Å². The Balaban J connectivity index is 0.00000180. The second kappa shape index (κ2) is 5.85. The molecule has 6 nitrogen and oxygen atoms in total. The van der Waals surface area contributed by atoms with Crippen LogP contribution in [0, 0.1) is 15.5 Å². The number of nitrogens with zero attached hydrogens (tertiary/aromatic N) is 2. The third-order valence-electron chi connectivity index (χ3n) is 3.35. The van der Waals surface area contributed by atoms with Crippen LogP contribution >= 0.6 is 23.7 Å². The van der Waals surface area contributed by atoms with Gasteiger partial charge in [-0.2, -0.15) is 0 Å². The lowest BCUT2D eigenvalue weighted by Gasteiger charge is -2.22. The fourth-order valence-electron chi connectivity index (χ4n) is 2.08. The molecule has 1 amide bonds. The molecule has 106 valence electrons. The fourth-order valence-corrected chi connectivity index (χ4v) is 2.78. The average molecular weight is 306 g/mol. The second-order valence-electron chi connectivity index (χ2n) is 4.92. The van der Waals surface area contributed by atoms with Crippen LogP contribution in [0.25, 0.3) is 0 Å².